The van der Waals surface area contributed by atoms with Crippen molar-refractivity contribution in [1.29, 1.82) is 0 Å². The molecule has 0 aliphatic carbocycles. The molecule has 1 aromatic rings. The number of aromatic nitrogens is 2. The van der Waals surface area contributed by atoms with Gasteiger partial charge >= 0.3 is 5.69 Å². The Kier molecular flexibility index (Phi) is 4.63. The summed E-state index contributed by atoms with van der Waals surface area (Å²) >= 11 is 0.930. The normalized spacial score (nSPS) is 29.8. The Morgan fingerprint density at radius 2 is 2.10 bits per heavy atom. The second kappa shape index (κ2) is 6.08. The van der Waals surface area contributed by atoms with Gasteiger partial charge in [-0.2, -0.15) is 0 Å². The van der Waals surface area contributed by atoms with Gasteiger partial charge in [0.15, 0.2) is 6.17 Å². The highest BCUT2D eigenvalue weighted by Crippen LogP contribution is 2.42. The Bertz CT molecular complexity index is 589. The molecule has 0 unspecified atom stereocenters. The fraction of sp³-hybridized carbons (Fsp3) is 0.636. The summed E-state index contributed by atoms with van der Waals surface area (Å²) < 4.78 is 15.0. The van der Waals surface area contributed by atoms with Gasteiger partial charge in [0.1, 0.15) is 11.5 Å². The van der Waals surface area contributed by atoms with Crippen LogP contribution in [0, 0.1) is 0 Å². The van der Waals surface area contributed by atoms with E-state index in [2.05, 4.69) is 4.98 Å². The molecule has 1 aliphatic heterocycles. The van der Waals surface area contributed by atoms with E-state index in [-0.39, 0.29) is 18.6 Å². The van der Waals surface area contributed by atoms with Crippen LogP contribution in [0.2, 0.25) is 0 Å². The molecule has 9 heteroatoms. The number of alkyl halides is 1. The third-order valence-corrected chi connectivity index (χ3v) is 4.71. The van der Waals surface area contributed by atoms with Crippen LogP contribution < -0.4 is 11.2 Å². The van der Waals surface area contributed by atoms with Crippen LogP contribution >= 0.6 is 11.8 Å². The van der Waals surface area contributed by atoms with E-state index >= 15 is 0 Å². The second-order valence-electron chi connectivity index (χ2n) is 4.48. The zero-order chi connectivity index (χ0) is 14.9. The number of aliphatic hydroxyl groups excluding tert-OH is 3. The maximum atomic E-state index is 14.0. The molecule has 1 saturated heterocycles. The Morgan fingerprint density at radius 1 is 1.40 bits per heavy atom. The molecule has 1 aromatic heterocycles. The van der Waals surface area contributed by atoms with Crippen molar-refractivity contribution in [2.75, 3.05) is 13.2 Å². The number of thioether (sulfide) groups is 1. The molecular formula is C11H15FN2O5S. The number of nitrogens with one attached hydrogen (secondary N) is 1. The molecule has 0 aromatic carbocycles. The highest BCUT2D eigenvalue weighted by molar-refractivity contribution is 8.00. The summed E-state index contributed by atoms with van der Waals surface area (Å²) in [5.74, 6) is 0. The Balaban J connectivity index is 2.40. The molecule has 0 amide bonds. The lowest BCUT2D eigenvalue weighted by atomic mass is 10.1. The molecule has 0 saturated carbocycles. The van der Waals surface area contributed by atoms with E-state index in [9.17, 15) is 19.1 Å². The van der Waals surface area contributed by atoms with Crippen molar-refractivity contribution in [1.82, 2.24) is 9.55 Å². The first-order valence-corrected chi connectivity index (χ1v) is 6.97. The van der Waals surface area contributed by atoms with Gasteiger partial charge in [-0.05, 0) is 0 Å². The van der Waals surface area contributed by atoms with Crippen LogP contribution in [0.15, 0.2) is 15.8 Å². The molecule has 1 aliphatic rings. The van der Waals surface area contributed by atoms with E-state index in [1.807, 2.05) is 0 Å². The van der Waals surface area contributed by atoms with Crippen LogP contribution in [-0.4, -0.2) is 55.6 Å². The van der Waals surface area contributed by atoms with Crippen molar-refractivity contribution in [3.8, 4) is 0 Å². The third-order valence-electron chi connectivity index (χ3n) is 3.17. The summed E-state index contributed by atoms with van der Waals surface area (Å²) in [5.41, 5.74) is -1.26. The lowest BCUT2D eigenvalue weighted by molar-refractivity contribution is 0.0630. The molecule has 2 rings (SSSR count). The predicted molar refractivity (Wildman–Crippen MR) is 70.5 cm³/mol. The number of aliphatic hydroxyl groups is 3. The average Bonchev–Trinajstić information content (AvgIpc) is 2.70. The van der Waals surface area contributed by atoms with E-state index in [0.717, 1.165) is 16.3 Å². The lowest BCUT2D eigenvalue weighted by Gasteiger charge is -2.16. The minimum atomic E-state index is -1.73. The number of aromatic amines is 1. The number of hydrogen-bond donors (Lipinski definition) is 4. The van der Waals surface area contributed by atoms with Crippen LogP contribution in [0.4, 0.5) is 4.39 Å². The zero-order valence-electron chi connectivity index (χ0n) is 10.4. The molecule has 112 valence electrons. The molecule has 4 atom stereocenters. The maximum Gasteiger partial charge on any atom is 0.329 e. The third kappa shape index (κ3) is 2.66. The molecule has 7 nitrogen and oxygen atoms in total. The smallest absolute Gasteiger partial charge is 0.329 e. The summed E-state index contributed by atoms with van der Waals surface area (Å²) in [6.45, 7) is -0.690. The van der Waals surface area contributed by atoms with Crippen LogP contribution in [-0.2, 0) is 6.42 Å². The van der Waals surface area contributed by atoms with Gasteiger partial charge < -0.3 is 15.3 Å². The van der Waals surface area contributed by atoms with E-state index in [4.69, 9.17) is 10.2 Å². The van der Waals surface area contributed by atoms with Gasteiger partial charge in [-0.15, -0.1) is 11.8 Å². The van der Waals surface area contributed by atoms with Gasteiger partial charge in [0, 0.05) is 24.8 Å². The van der Waals surface area contributed by atoms with Crippen molar-refractivity contribution in [2.24, 2.45) is 0 Å². The summed E-state index contributed by atoms with van der Waals surface area (Å²) in [4.78, 5) is 25.3. The molecular weight excluding hydrogens is 291 g/mol. The predicted octanol–water partition coefficient (Wildman–Crippen LogP) is -1.62. The topological polar surface area (TPSA) is 116 Å². The van der Waals surface area contributed by atoms with E-state index in [0.29, 0.717) is 0 Å². The summed E-state index contributed by atoms with van der Waals surface area (Å²) in [6.07, 6.45) is -1.89. The van der Waals surface area contributed by atoms with Gasteiger partial charge in [0.2, 0.25) is 0 Å². The Morgan fingerprint density at radius 3 is 2.65 bits per heavy atom. The second-order valence-corrected chi connectivity index (χ2v) is 5.84. The van der Waals surface area contributed by atoms with Crippen LogP contribution in [0.5, 0.6) is 0 Å². The Hall–Kier alpha value is -1.16. The van der Waals surface area contributed by atoms with E-state index in [1.165, 1.54) is 6.20 Å². The fourth-order valence-corrected chi connectivity index (χ4v) is 3.45. The van der Waals surface area contributed by atoms with Crippen molar-refractivity contribution < 1.29 is 19.7 Å². The number of nitrogens with zero attached hydrogens (tertiary/aromatic N) is 1. The average molecular weight is 306 g/mol. The summed E-state index contributed by atoms with van der Waals surface area (Å²) in [5, 5.41) is 25.8. The molecule has 0 radical (unpaired) electrons. The van der Waals surface area contributed by atoms with Crippen LogP contribution in [0.1, 0.15) is 10.9 Å². The van der Waals surface area contributed by atoms with Gasteiger partial charge in [-0.1, -0.05) is 0 Å². The first kappa shape index (κ1) is 15.2. The monoisotopic (exact) mass is 306 g/mol. The summed E-state index contributed by atoms with van der Waals surface area (Å²) in [6, 6.07) is 0. The molecule has 2 heterocycles. The number of rotatable bonds is 4. The van der Waals surface area contributed by atoms with E-state index < -0.39 is 40.8 Å². The SMILES string of the molecule is O=c1[nH]c(=O)n([C@H]2S[C@H](CO)[C@@H](O)[C@@H]2F)cc1CCO. The van der Waals surface area contributed by atoms with Gasteiger partial charge in [-0.3, -0.25) is 14.3 Å². The van der Waals surface area contributed by atoms with Crippen molar-refractivity contribution >= 4 is 11.8 Å². The highest BCUT2D eigenvalue weighted by atomic mass is 32.2. The summed E-state index contributed by atoms with van der Waals surface area (Å²) in [7, 11) is 0. The van der Waals surface area contributed by atoms with Crippen molar-refractivity contribution in [3.63, 3.8) is 0 Å². The molecule has 1 fully saturated rings. The minimum Gasteiger partial charge on any atom is -0.396 e. The van der Waals surface area contributed by atoms with Crippen LogP contribution in [0.25, 0.3) is 0 Å². The Labute approximate surface area is 117 Å². The molecule has 0 spiro atoms. The fourth-order valence-electron chi connectivity index (χ4n) is 2.09. The molecule has 0 bridgehead atoms. The maximum absolute atomic E-state index is 14.0. The number of halogens is 1. The molecule has 4 N–H and O–H groups in total. The highest BCUT2D eigenvalue weighted by Gasteiger charge is 2.44. The zero-order valence-corrected chi connectivity index (χ0v) is 11.2. The number of hydrogen-bond acceptors (Lipinski definition) is 6. The minimum absolute atomic E-state index is 0.0376. The van der Waals surface area contributed by atoms with Gasteiger partial charge in [-0.25, -0.2) is 9.18 Å². The van der Waals surface area contributed by atoms with Crippen LogP contribution in [0.3, 0.4) is 0 Å². The van der Waals surface area contributed by atoms with E-state index in [1.54, 1.807) is 0 Å². The van der Waals surface area contributed by atoms with Crippen molar-refractivity contribution in [2.45, 2.75) is 29.3 Å². The lowest BCUT2D eigenvalue weighted by Crippen LogP contribution is -2.37. The first-order chi connectivity index (χ1) is 9.49. The standard InChI is InChI=1S/C11H15FN2O5S/c12-7-8(17)6(4-16)20-10(7)14-3-5(1-2-15)9(18)13-11(14)19/h3,6-8,10,15-17H,1-2,4H2,(H,13,18,19)/t6-,7+,8-,10+/m1/s1. The molecule has 20 heavy (non-hydrogen) atoms. The van der Waals surface area contributed by atoms with Crippen molar-refractivity contribution in [3.05, 3.63) is 32.6 Å². The first-order valence-electron chi connectivity index (χ1n) is 6.03. The van der Waals surface area contributed by atoms with Gasteiger partial charge in [0.25, 0.3) is 5.56 Å². The quantitative estimate of drug-likeness (QED) is 0.531. The number of H-pyrrole nitrogens is 1. The van der Waals surface area contributed by atoms with Gasteiger partial charge in [0.05, 0.1) is 11.9 Å². The largest absolute Gasteiger partial charge is 0.396 e.